The number of ether oxygens (including phenoxy) is 1. The van der Waals surface area contributed by atoms with E-state index in [-0.39, 0.29) is 17.5 Å². The summed E-state index contributed by atoms with van der Waals surface area (Å²) in [4.78, 5) is 12.0. The van der Waals surface area contributed by atoms with Gasteiger partial charge in [-0.1, -0.05) is 33.1 Å². The Morgan fingerprint density at radius 3 is 2.16 bits per heavy atom. The molecule has 2 fully saturated rings. The molecule has 2 heteroatoms. The largest absolute Gasteiger partial charge is 0.459 e. The molecule has 0 aliphatic heterocycles. The molecule has 110 valence electrons. The smallest absolute Gasteiger partial charge is 0.309 e. The lowest BCUT2D eigenvalue weighted by molar-refractivity contribution is -0.169. The van der Waals surface area contributed by atoms with Gasteiger partial charge in [-0.05, 0) is 57.3 Å². The van der Waals surface area contributed by atoms with Crippen LogP contribution in [0.15, 0.2) is 0 Å². The summed E-state index contributed by atoms with van der Waals surface area (Å²) in [6.45, 7) is 6.16. The number of rotatable bonds is 3. The molecule has 1 spiro atoms. The first-order valence-electron chi connectivity index (χ1n) is 8.22. The monoisotopic (exact) mass is 266 g/mol. The fourth-order valence-corrected chi connectivity index (χ4v) is 3.72. The van der Waals surface area contributed by atoms with Crippen LogP contribution < -0.4 is 0 Å². The zero-order chi connectivity index (χ0) is 13.9. The molecule has 1 unspecified atom stereocenters. The van der Waals surface area contributed by atoms with Gasteiger partial charge >= 0.3 is 5.97 Å². The number of carbonyl (C=O) groups is 1. The van der Waals surface area contributed by atoms with Gasteiger partial charge in [0, 0.05) is 0 Å². The van der Waals surface area contributed by atoms with Crippen LogP contribution >= 0.6 is 0 Å². The Bertz CT molecular complexity index is 305. The predicted molar refractivity (Wildman–Crippen MR) is 77.9 cm³/mol. The molecule has 0 N–H and O–H groups in total. The molecule has 0 radical (unpaired) electrons. The normalized spacial score (nSPS) is 26.9. The average Bonchev–Trinajstić information content (AvgIpc) is 2.43. The van der Waals surface area contributed by atoms with Crippen LogP contribution in [0.2, 0.25) is 0 Å². The summed E-state index contributed by atoms with van der Waals surface area (Å²) in [5.41, 5.74) is 0.406. The highest BCUT2D eigenvalue weighted by Crippen LogP contribution is 2.50. The molecular formula is C17H30O2. The van der Waals surface area contributed by atoms with E-state index in [9.17, 15) is 4.79 Å². The van der Waals surface area contributed by atoms with Crippen molar-refractivity contribution in [2.45, 2.75) is 90.6 Å². The molecule has 0 heterocycles. The van der Waals surface area contributed by atoms with Gasteiger partial charge in [-0.25, -0.2) is 0 Å². The van der Waals surface area contributed by atoms with Crippen LogP contribution in [0.3, 0.4) is 0 Å². The third kappa shape index (κ3) is 3.52. The molecule has 2 aliphatic rings. The van der Waals surface area contributed by atoms with Gasteiger partial charge in [0.25, 0.3) is 0 Å². The van der Waals surface area contributed by atoms with Crippen molar-refractivity contribution in [3.63, 3.8) is 0 Å². The van der Waals surface area contributed by atoms with E-state index in [0.29, 0.717) is 5.41 Å². The number of hydrogen-bond acceptors (Lipinski definition) is 2. The van der Waals surface area contributed by atoms with E-state index in [1.54, 1.807) is 0 Å². The van der Waals surface area contributed by atoms with Crippen molar-refractivity contribution in [1.82, 2.24) is 0 Å². The van der Waals surface area contributed by atoms with Gasteiger partial charge in [0.1, 0.15) is 5.60 Å². The standard InChI is InChI=1S/C17H30O2/c1-4-14(2)15(18)19-16(3)10-12-17(13-11-16)8-6-5-7-9-17/h14H,4-13H2,1-3H3. The summed E-state index contributed by atoms with van der Waals surface area (Å²) in [5, 5.41) is 0. The summed E-state index contributed by atoms with van der Waals surface area (Å²) >= 11 is 0. The van der Waals surface area contributed by atoms with Gasteiger partial charge in [0.15, 0.2) is 0 Å². The maximum atomic E-state index is 12.0. The first-order chi connectivity index (χ1) is 8.99. The van der Waals surface area contributed by atoms with Crippen molar-refractivity contribution in [1.29, 1.82) is 0 Å². The van der Waals surface area contributed by atoms with E-state index < -0.39 is 0 Å². The number of esters is 1. The minimum Gasteiger partial charge on any atom is -0.459 e. The third-order valence-electron chi connectivity index (χ3n) is 5.64. The zero-order valence-corrected chi connectivity index (χ0v) is 13.0. The van der Waals surface area contributed by atoms with Crippen LogP contribution in [-0.2, 0) is 9.53 Å². The van der Waals surface area contributed by atoms with Crippen molar-refractivity contribution in [2.75, 3.05) is 0 Å². The summed E-state index contributed by atoms with van der Waals surface area (Å²) in [6.07, 6.45) is 12.6. The Balaban J connectivity index is 1.88. The maximum Gasteiger partial charge on any atom is 0.309 e. The highest BCUT2D eigenvalue weighted by atomic mass is 16.6. The van der Waals surface area contributed by atoms with E-state index >= 15 is 0 Å². The fourth-order valence-electron chi connectivity index (χ4n) is 3.72. The second kappa shape index (κ2) is 5.85. The van der Waals surface area contributed by atoms with Crippen LogP contribution in [0.5, 0.6) is 0 Å². The highest BCUT2D eigenvalue weighted by Gasteiger charge is 2.42. The predicted octanol–water partition coefficient (Wildman–Crippen LogP) is 4.86. The van der Waals surface area contributed by atoms with E-state index in [0.717, 1.165) is 19.3 Å². The van der Waals surface area contributed by atoms with Gasteiger partial charge in [-0.15, -0.1) is 0 Å². The van der Waals surface area contributed by atoms with Crippen molar-refractivity contribution in [2.24, 2.45) is 11.3 Å². The lowest BCUT2D eigenvalue weighted by atomic mass is 9.62. The van der Waals surface area contributed by atoms with Crippen LogP contribution in [0.1, 0.15) is 85.0 Å². The lowest BCUT2D eigenvalue weighted by Crippen LogP contribution is -2.42. The Kier molecular flexibility index (Phi) is 4.58. The van der Waals surface area contributed by atoms with E-state index in [2.05, 4.69) is 6.92 Å². The summed E-state index contributed by atoms with van der Waals surface area (Å²) in [7, 11) is 0. The van der Waals surface area contributed by atoms with E-state index in [4.69, 9.17) is 4.74 Å². The van der Waals surface area contributed by atoms with Crippen LogP contribution in [-0.4, -0.2) is 11.6 Å². The van der Waals surface area contributed by atoms with Gasteiger partial charge in [-0.2, -0.15) is 0 Å². The van der Waals surface area contributed by atoms with Crippen molar-refractivity contribution >= 4 is 5.97 Å². The molecule has 0 amide bonds. The Labute approximate surface area is 118 Å². The molecule has 19 heavy (non-hydrogen) atoms. The summed E-state index contributed by atoms with van der Waals surface area (Å²) in [6, 6.07) is 0. The number of hydrogen-bond donors (Lipinski definition) is 0. The Morgan fingerprint density at radius 2 is 1.63 bits per heavy atom. The van der Waals surface area contributed by atoms with Gasteiger partial charge < -0.3 is 4.74 Å². The highest BCUT2D eigenvalue weighted by molar-refractivity contribution is 5.72. The molecule has 2 rings (SSSR count). The van der Waals surface area contributed by atoms with E-state index in [1.165, 1.54) is 44.9 Å². The number of carbonyl (C=O) groups excluding carboxylic acids is 1. The molecule has 2 saturated carbocycles. The van der Waals surface area contributed by atoms with Gasteiger partial charge in [0.05, 0.1) is 5.92 Å². The Morgan fingerprint density at radius 1 is 1.05 bits per heavy atom. The zero-order valence-electron chi connectivity index (χ0n) is 13.0. The summed E-state index contributed by atoms with van der Waals surface area (Å²) < 4.78 is 5.83. The van der Waals surface area contributed by atoms with E-state index in [1.807, 2.05) is 13.8 Å². The van der Waals surface area contributed by atoms with Crippen LogP contribution in [0.4, 0.5) is 0 Å². The van der Waals surface area contributed by atoms with Crippen LogP contribution in [0.25, 0.3) is 0 Å². The Hall–Kier alpha value is -0.530. The molecule has 0 aromatic heterocycles. The second-order valence-corrected chi connectivity index (χ2v) is 7.24. The molecule has 0 aromatic rings. The fraction of sp³-hybridized carbons (Fsp3) is 0.941. The minimum absolute atomic E-state index is 0.00425. The minimum atomic E-state index is -0.191. The quantitative estimate of drug-likeness (QED) is 0.682. The SMILES string of the molecule is CCC(C)C(=O)OC1(C)CCC2(CCCCC2)CC1. The summed E-state index contributed by atoms with van der Waals surface area (Å²) in [5.74, 6) is 0.0481. The molecule has 2 aliphatic carbocycles. The molecule has 0 bridgehead atoms. The van der Waals surface area contributed by atoms with Crippen molar-refractivity contribution in [3.8, 4) is 0 Å². The van der Waals surface area contributed by atoms with Crippen molar-refractivity contribution in [3.05, 3.63) is 0 Å². The van der Waals surface area contributed by atoms with Gasteiger partial charge in [0.2, 0.25) is 0 Å². The maximum absolute atomic E-state index is 12.0. The second-order valence-electron chi connectivity index (χ2n) is 7.24. The molecule has 1 atom stereocenters. The lowest BCUT2D eigenvalue weighted by Gasteiger charge is -2.46. The molecule has 0 saturated heterocycles. The average molecular weight is 266 g/mol. The van der Waals surface area contributed by atoms with Crippen molar-refractivity contribution < 1.29 is 9.53 Å². The molecular weight excluding hydrogens is 236 g/mol. The third-order valence-corrected chi connectivity index (χ3v) is 5.64. The molecule has 2 nitrogen and oxygen atoms in total. The first-order valence-corrected chi connectivity index (χ1v) is 8.22. The molecule has 0 aromatic carbocycles. The van der Waals surface area contributed by atoms with Gasteiger partial charge in [-0.3, -0.25) is 4.79 Å². The van der Waals surface area contributed by atoms with Crippen LogP contribution in [0, 0.1) is 11.3 Å². The first kappa shape index (κ1) is 14.9. The topological polar surface area (TPSA) is 26.3 Å².